The Kier molecular flexibility index (Phi) is 4.80. The Labute approximate surface area is 109 Å². The molecule has 0 spiro atoms. The first-order chi connectivity index (χ1) is 8.72. The number of aryl methyl sites for hydroxylation is 1. The van der Waals surface area contributed by atoms with E-state index < -0.39 is 0 Å². The molecule has 1 unspecified atom stereocenters. The maximum absolute atomic E-state index is 5.75. The fourth-order valence-corrected chi connectivity index (χ4v) is 2.62. The summed E-state index contributed by atoms with van der Waals surface area (Å²) < 4.78 is 11.5. The smallest absolute Gasteiger partial charge is 0.120 e. The first-order valence-corrected chi connectivity index (χ1v) is 6.85. The molecule has 4 heteroatoms. The van der Waals surface area contributed by atoms with Gasteiger partial charge in [0.05, 0.1) is 19.2 Å². The van der Waals surface area contributed by atoms with E-state index in [4.69, 9.17) is 14.9 Å². The average Bonchev–Trinajstić information content (AvgIpc) is 2.70. The third-order valence-corrected chi connectivity index (χ3v) is 3.50. The van der Waals surface area contributed by atoms with E-state index in [2.05, 4.69) is 17.9 Å². The molecule has 102 valence electrons. The molecule has 4 nitrogen and oxygen atoms in total. The van der Waals surface area contributed by atoms with Crippen LogP contribution in [0, 0.1) is 6.92 Å². The molecule has 1 aromatic heterocycles. The van der Waals surface area contributed by atoms with Gasteiger partial charge in [0, 0.05) is 13.2 Å². The van der Waals surface area contributed by atoms with Crippen molar-refractivity contribution in [1.29, 1.82) is 0 Å². The van der Waals surface area contributed by atoms with Gasteiger partial charge in [0.15, 0.2) is 0 Å². The first-order valence-electron chi connectivity index (χ1n) is 6.85. The van der Waals surface area contributed by atoms with Crippen LogP contribution in [0.4, 0.5) is 0 Å². The molecular formula is C14H24N2O2. The van der Waals surface area contributed by atoms with E-state index in [1.54, 1.807) is 0 Å². The maximum Gasteiger partial charge on any atom is 0.120 e. The van der Waals surface area contributed by atoms with Gasteiger partial charge < -0.3 is 14.9 Å². The summed E-state index contributed by atoms with van der Waals surface area (Å²) in [5, 5.41) is 0. The SMILES string of the molecule is CCOC1CCCN(Cc2cc(C)c(CN)o2)C1. The molecule has 0 saturated carbocycles. The van der Waals surface area contributed by atoms with Gasteiger partial charge in [-0.25, -0.2) is 0 Å². The van der Waals surface area contributed by atoms with Crippen molar-refractivity contribution in [3.05, 3.63) is 23.2 Å². The highest BCUT2D eigenvalue weighted by Crippen LogP contribution is 2.19. The Morgan fingerprint density at radius 2 is 2.39 bits per heavy atom. The van der Waals surface area contributed by atoms with Gasteiger partial charge in [0.25, 0.3) is 0 Å². The minimum absolute atomic E-state index is 0.383. The highest BCUT2D eigenvalue weighted by molar-refractivity contribution is 5.19. The maximum atomic E-state index is 5.75. The van der Waals surface area contributed by atoms with Crippen molar-refractivity contribution < 1.29 is 9.15 Å². The monoisotopic (exact) mass is 252 g/mol. The van der Waals surface area contributed by atoms with Crippen molar-refractivity contribution in [2.45, 2.75) is 45.9 Å². The topological polar surface area (TPSA) is 51.6 Å². The summed E-state index contributed by atoms with van der Waals surface area (Å²) in [4.78, 5) is 2.41. The number of nitrogens with two attached hydrogens (primary N) is 1. The minimum atomic E-state index is 0.383. The molecule has 2 N–H and O–H groups in total. The zero-order valence-corrected chi connectivity index (χ0v) is 11.4. The van der Waals surface area contributed by atoms with E-state index in [9.17, 15) is 0 Å². The summed E-state index contributed by atoms with van der Waals surface area (Å²) in [6.07, 6.45) is 2.76. The van der Waals surface area contributed by atoms with Crippen LogP contribution >= 0.6 is 0 Å². The molecule has 18 heavy (non-hydrogen) atoms. The van der Waals surface area contributed by atoms with Gasteiger partial charge in [0.1, 0.15) is 11.5 Å². The Bertz CT molecular complexity index is 374. The molecule has 0 aromatic carbocycles. The fraction of sp³-hybridized carbons (Fsp3) is 0.714. The van der Waals surface area contributed by atoms with Crippen LogP contribution in [-0.4, -0.2) is 30.7 Å². The number of ether oxygens (including phenoxy) is 1. The normalized spacial score (nSPS) is 21.4. The second kappa shape index (κ2) is 6.36. The molecule has 1 aliphatic heterocycles. The second-order valence-corrected chi connectivity index (χ2v) is 4.98. The summed E-state index contributed by atoms with van der Waals surface area (Å²) in [7, 11) is 0. The third-order valence-electron chi connectivity index (χ3n) is 3.50. The lowest BCUT2D eigenvalue weighted by Gasteiger charge is -2.31. The lowest BCUT2D eigenvalue weighted by atomic mass is 10.1. The molecule has 0 amide bonds. The van der Waals surface area contributed by atoms with E-state index in [-0.39, 0.29) is 0 Å². The van der Waals surface area contributed by atoms with Gasteiger partial charge in [0.2, 0.25) is 0 Å². The highest BCUT2D eigenvalue weighted by Gasteiger charge is 2.21. The lowest BCUT2D eigenvalue weighted by molar-refractivity contribution is 0.00194. The molecule has 1 aromatic rings. The summed E-state index contributed by atoms with van der Waals surface area (Å²) in [6, 6.07) is 2.10. The lowest BCUT2D eigenvalue weighted by Crippen LogP contribution is -2.39. The zero-order valence-electron chi connectivity index (χ0n) is 11.4. The Morgan fingerprint density at radius 1 is 1.56 bits per heavy atom. The fourth-order valence-electron chi connectivity index (χ4n) is 2.62. The van der Waals surface area contributed by atoms with Crippen LogP contribution in [0.3, 0.4) is 0 Å². The number of piperidine rings is 1. The predicted molar refractivity (Wildman–Crippen MR) is 71.3 cm³/mol. The van der Waals surface area contributed by atoms with Crippen LogP contribution in [-0.2, 0) is 17.8 Å². The summed E-state index contributed by atoms with van der Waals surface area (Å²) in [5.74, 6) is 1.92. The van der Waals surface area contributed by atoms with Crippen LogP contribution in [0.15, 0.2) is 10.5 Å². The van der Waals surface area contributed by atoms with E-state index in [0.29, 0.717) is 12.6 Å². The molecule has 1 saturated heterocycles. The van der Waals surface area contributed by atoms with E-state index in [0.717, 1.165) is 43.3 Å². The number of hydrogen-bond acceptors (Lipinski definition) is 4. The highest BCUT2D eigenvalue weighted by atomic mass is 16.5. The number of rotatable bonds is 5. The Balaban J connectivity index is 1.91. The average molecular weight is 252 g/mol. The van der Waals surface area contributed by atoms with Crippen LogP contribution in [0.1, 0.15) is 36.8 Å². The molecule has 0 radical (unpaired) electrons. The molecule has 2 heterocycles. The van der Waals surface area contributed by atoms with Crippen molar-refractivity contribution in [2.75, 3.05) is 19.7 Å². The molecule has 1 atom stereocenters. The molecule has 2 rings (SSSR count). The summed E-state index contributed by atoms with van der Waals surface area (Å²) in [5.41, 5.74) is 6.79. The van der Waals surface area contributed by atoms with Crippen LogP contribution in [0.25, 0.3) is 0 Å². The van der Waals surface area contributed by atoms with Crippen LogP contribution in [0.2, 0.25) is 0 Å². The summed E-state index contributed by atoms with van der Waals surface area (Å²) >= 11 is 0. The Morgan fingerprint density at radius 3 is 3.06 bits per heavy atom. The number of furan rings is 1. The number of likely N-dealkylation sites (tertiary alicyclic amines) is 1. The summed E-state index contributed by atoms with van der Waals surface area (Å²) in [6.45, 7) is 8.39. The number of nitrogens with zero attached hydrogens (tertiary/aromatic N) is 1. The Hall–Kier alpha value is -0.840. The zero-order chi connectivity index (χ0) is 13.0. The van der Waals surface area contributed by atoms with Gasteiger partial charge in [-0.05, 0) is 44.9 Å². The van der Waals surface area contributed by atoms with E-state index in [1.165, 1.54) is 12.8 Å². The first kappa shape index (κ1) is 13.6. The molecule has 0 bridgehead atoms. The van der Waals surface area contributed by atoms with Crippen LogP contribution in [0.5, 0.6) is 0 Å². The molecule has 1 fully saturated rings. The van der Waals surface area contributed by atoms with Crippen LogP contribution < -0.4 is 5.73 Å². The van der Waals surface area contributed by atoms with Crippen molar-refractivity contribution in [3.8, 4) is 0 Å². The van der Waals surface area contributed by atoms with E-state index >= 15 is 0 Å². The van der Waals surface area contributed by atoms with Crippen molar-refractivity contribution >= 4 is 0 Å². The quantitative estimate of drug-likeness (QED) is 0.871. The largest absolute Gasteiger partial charge is 0.463 e. The second-order valence-electron chi connectivity index (χ2n) is 4.98. The minimum Gasteiger partial charge on any atom is -0.463 e. The molecule has 1 aliphatic rings. The third kappa shape index (κ3) is 3.34. The van der Waals surface area contributed by atoms with Gasteiger partial charge in [-0.15, -0.1) is 0 Å². The van der Waals surface area contributed by atoms with Crippen molar-refractivity contribution in [2.24, 2.45) is 5.73 Å². The van der Waals surface area contributed by atoms with E-state index in [1.807, 2.05) is 6.92 Å². The van der Waals surface area contributed by atoms with Gasteiger partial charge in [-0.1, -0.05) is 0 Å². The molecular weight excluding hydrogens is 228 g/mol. The van der Waals surface area contributed by atoms with Gasteiger partial charge in [-0.3, -0.25) is 4.90 Å². The van der Waals surface area contributed by atoms with Gasteiger partial charge >= 0.3 is 0 Å². The van der Waals surface area contributed by atoms with Gasteiger partial charge in [-0.2, -0.15) is 0 Å². The molecule has 0 aliphatic carbocycles. The predicted octanol–water partition coefficient (Wildman–Crippen LogP) is 2.05. The van der Waals surface area contributed by atoms with Crippen molar-refractivity contribution in [3.63, 3.8) is 0 Å². The standard InChI is InChI=1S/C14H24N2O2/c1-3-17-12-5-4-6-16(9-12)10-13-7-11(2)14(8-15)18-13/h7,12H,3-6,8-10,15H2,1-2H3. The van der Waals surface area contributed by atoms with Crippen molar-refractivity contribution in [1.82, 2.24) is 4.90 Å². The number of hydrogen-bond donors (Lipinski definition) is 1.